The lowest BCUT2D eigenvalue weighted by Crippen LogP contribution is -2.29. The van der Waals surface area contributed by atoms with Crippen molar-refractivity contribution in [1.29, 1.82) is 5.26 Å². The number of hydrogen-bond donors (Lipinski definition) is 0. The molecule has 3 nitrogen and oxygen atoms in total. The van der Waals surface area contributed by atoms with Crippen LogP contribution in [0, 0.1) is 22.7 Å². The Bertz CT molecular complexity index is 251. The van der Waals surface area contributed by atoms with Crippen LogP contribution in [-0.2, 0) is 9.53 Å². The van der Waals surface area contributed by atoms with Crippen LogP contribution in [-0.4, -0.2) is 19.0 Å². The molecule has 0 bridgehead atoms. The van der Waals surface area contributed by atoms with Crippen LogP contribution >= 0.6 is 0 Å². The number of carbonyl (C=O) groups excluding carboxylic acids is 1. The monoisotopic (exact) mass is 195 g/mol. The van der Waals surface area contributed by atoms with Crippen molar-refractivity contribution < 1.29 is 9.53 Å². The van der Waals surface area contributed by atoms with Crippen LogP contribution < -0.4 is 0 Å². The second-order valence-electron chi connectivity index (χ2n) is 4.26. The summed E-state index contributed by atoms with van der Waals surface area (Å²) in [4.78, 5) is 11.3. The van der Waals surface area contributed by atoms with Crippen LogP contribution in [0.2, 0.25) is 0 Å². The van der Waals surface area contributed by atoms with Crippen molar-refractivity contribution in [2.24, 2.45) is 11.3 Å². The molecule has 0 radical (unpaired) electrons. The molecule has 0 spiro atoms. The van der Waals surface area contributed by atoms with Gasteiger partial charge in [0, 0.05) is 13.2 Å². The van der Waals surface area contributed by atoms with Crippen LogP contribution in [0.15, 0.2) is 0 Å². The maximum Gasteiger partial charge on any atom is 0.149 e. The third kappa shape index (κ3) is 2.55. The number of Topliss-reactive ketones (excluding diaryl/α,β-unsaturated/α-hetero) is 1. The Balaban J connectivity index is 2.56. The summed E-state index contributed by atoms with van der Waals surface area (Å²) in [6.07, 6.45) is 2.64. The van der Waals surface area contributed by atoms with E-state index in [0.29, 0.717) is 12.3 Å². The van der Waals surface area contributed by atoms with E-state index in [4.69, 9.17) is 10.00 Å². The predicted octanol–water partition coefficient (Wildman–Crippen LogP) is 1.92. The predicted molar refractivity (Wildman–Crippen MR) is 52.6 cm³/mol. The van der Waals surface area contributed by atoms with Gasteiger partial charge in [0.25, 0.3) is 0 Å². The zero-order valence-electron chi connectivity index (χ0n) is 8.88. The summed E-state index contributed by atoms with van der Waals surface area (Å²) in [5.74, 6) is 0.448. The summed E-state index contributed by atoms with van der Waals surface area (Å²) in [7, 11) is 0. The van der Waals surface area contributed by atoms with Gasteiger partial charge in [-0.25, -0.2) is 0 Å². The van der Waals surface area contributed by atoms with E-state index in [0.717, 1.165) is 26.1 Å². The van der Waals surface area contributed by atoms with Gasteiger partial charge in [-0.15, -0.1) is 0 Å². The molecule has 0 saturated carbocycles. The normalized spacial score (nSPS) is 22.4. The molecule has 1 aliphatic rings. The minimum absolute atomic E-state index is 0.0218. The minimum Gasteiger partial charge on any atom is -0.381 e. The van der Waals surface area contributed by atoms with E-state index >= 15 is 0 Å². The third-order valence-electron chi connectivity index (χ3n) is 3.06. The molecule has 1 aliphatic heterocycles. The topological polar surface area (TPSA) is 50.1 Å². The van der Waals surface area contributed by atoms with Crippen LogP contribution in [0.3, 0.4) is 0 Å². The number of ether oxygens (including phenoxy) is 1. The van der Waals surface area contributed by atoms with Crippen molar-refractivity contribution in [3.8, 4) is 6.07 Å². The zero-order chi connectivity index (χ0) is 10.6. The van der Waals surface area contributed by atoms with Crippen molar-refractivity contribution in [1.82, 2.24) is 0 Å². The Morgan fingerprint density at radius 3 is 2.57 bits per heavy atom. The van der Waals surface area contributed by atoms with E-state index in [1.54, 1.807) is 6.92 Å². The quantitative estimate of drug-likeness (QED) is 0.691. The standard InChI is InChI=1S/C11H17NO2/c1-9(13)11(2,8-12)7-10-3-5-14-6-4-10/h10H,3-7H2,1-2H3. The Hall–Kier alpha value is -0.880. The molecule has 1 rings (SSSR count). The second-order valence-corrected chi connectivity index (χ2v) is 4.26. The number of carbonyl (C=O) groups is 1. The van der Waals surface area contributed by atoms with E-state index < -0.39 is 5.41 Å². The highest BCUT2D eigenvalue weighted by molar-refractivity contribution is 5.84. The molecular formula is C11H17NO2. The van der Waals surface area contributed by atoms with Crippen molar-refractivity contribution in [2.45, 2.75) is 33.1 Å². The summed E-state index contributed by atoms with van der Waals surface area (Å²) in [5.41, 5.74) is -0.790. The summed E-state index contributed by atoms with van der Waals surface area (Å²) < 4.78 is 5.24. The first-order chi connectivity index (χ1) is 6.58. The van der Waals surface area contributed by atoms with Gasteiger partial charge in [0.05, 0.1) is 6.07 Å². The molecular weight excluding hydrogens is 178 g/mol. The fraction of sp³-hybridized carbons (Fsp3) is 0.818. The van der Waals surface area contributed by atoms with Crippen LogP contribution in [0.5, 0.6) is 0 Å². The molecule has 0 aromatic rings. The highest BCUT2D eigenvalue weighted by atomic mass is 16.5. The molecule has 1 heterocycles. The minimum atomic E-state index is -0.790. The number of nitriles is 1. The SMILES string of the molecule is CC(=O)C(C)(C#N)CC1CCOCC1. The van der Waals surface area contributed by atoms with Gasteiger partial charge >= 0.3 is 0 Å². The maximum absolute atomic E-state index is 11.3. The molecule has 0 aromatic carbocycles. The van der Waals surface area contributed by atoms with Gasteiger partial charge in [-0.1, -0.05) is 0 Å². The highest BCUT2D eigenvalue weighted by Gasteiger charge is 2.33. The zero-order valence-corrected chi connectivity index (χ0v) is 8.88. The lowest BCUT2D eigenvalue weighted by Gasteiger charge is -2.27. The fourth-order valence-electron chi connectivity index (χ4n) is 1.80. The molecule has 0 aliphatic carbocycles. The molecule has 1 saturated heterocycles. The second kappa shape index (κ2) is 4.56. The largest absolute Gasteiger partial charge is 0.381 e. The molecule has 0 amide bonds. The Morgan fingerprint density at radius 1 is 1.57 bits per heavy atom. The van der Waals surface area contributed by atoms with Crippen molar-refractivity contribution in [3.05, 3.63) is 0 Å². The first kappa shape index (κ1) is 11.2. The lowest BCUT2D eigenvalue weighted by molar-refractivity contribution is -0.124. The number of ketones is 1. The smallest absolute Gasteiger partial charge is 0.149 e. The van der Waals surface area contributed by atoms with Crippen molar-refractivity contribution >= 4 is 5.78 Å². The van der Waals surface area contributed by atoms with E-state index in [2.05, 4.69) is 6.07 Å². The van der Waals surface area contributed by atoms with Crippen molar-refractivity contribution in [2.75, 3.05) is 13.2 Å². The number of nitrogens with zero attached hydrogens (tertiary/aromatic N) is 1. The van der Waals surface area contributed by atoms with Crippen LogP contribution in [0.4, 0.5) is 0 Å². The van der Waals surface area contributed by atoms with Gasteiger partial charge in [0.1, 0.15) is 11.2 Å². The van der Waals surface area contributed by atoms with Crippen LogP contribution in [0.1, 0.15) is 33.1 Å². The first-order valence-corrected chi connectivity index (χ1v) is 5.08. The van der Waals surface area contributed by atoms with Crippen LogP contribution in [0.25, 0.3) is 0 Å². The van der Waals surface area contributed by atoms with Crippen molar-refractivity contribution in [3.63, 3.8) is 0 Å². The molecule has 1 atom stereocenters. The highest BCUT2D eigenvalue weighted by Crippen LogP contribution is 2.31. The van der Waals surface area contributed by atoms with Gasteiger partial charge in [0.2, 0.25) is 0 Å². The lowest BCUT2D eigenvalue weighted by atomic mass is 9.77. The summed E-state index contributed by atoms with van der Waals surface area (Å²) in [5, 5.41) is 8.98. The third-order valence-corrected chi connectivity index (χ3v) is 3.06. The number of rotatable bonds is 3. The fourth-order valence-corrected chi connectivity index (χ4v) is 1.80. The Labute approximate surface area is 85.1 Å². The molecule has 14 heavy (non-hydrogen) atoms. The van der Waals surface area contributed by atoms with E-state index in [1.165, 1.54) is 6.92 Å². The van der Waals surface area contributed by atoms with Gasteiger partial charge in [-0.3, -0.25) is 4.79 Å². The van der Waals surface area contributed by atoms with E-state index in [-0.39, 0.29) is 5.78 Å². The van der Waals surface area contributed by atoms with Gasteiger partial charge in [-0.05, 0) is 39.0 Å². The molecule has 1 fully saturated rings. The number of hydrogen-bond acceptors (Lipinski definition) is 3. The molecule has 0 aromatic heterocycles. The van der Waals surface area contributed by atoms with Gasteiger partial charge in [0.15, 0.2) is 0 Å². The summed E-state index contributed by atoms with van der Waals surface area (Å²) >= 11 is 0. The molecule has 1 unspecified atom stereocenters. The van der Waals surface area contributed by atoms with Gasteiger partial charge < -0.3 is 4.74 Å². The molecule has 3 heteroatoms. The van der Waals surface area contributed by atoms with E-state index in [1.807, 2.05) is 0 Å². The average molecular weight is 195 g/mol. The maximum atomic E-state index is 11.3. The Kier molecular flexibility index (Phi) is 3.65. The summed E-state index contributed by atoms with van der Waals surface area (Å²) in [6.45, 7) is 4.78. The average Bonchev–Trinajstić information content (AvgIpc) is 2.19. The van der Waals surface area contributed by atoms with Gasteiger partial charge in [-0.2, -0.15) is 5.26 Å². The summed E-state index contributed by atoms with van der Waals surface area (Å²) in [6, 6.07) is 2.13. The Morgan fingerprint density at radius 2 is 2.14 bits per heavy atom. The van der Waals surface area contributed by atoms with E-state index in [9.17, 15) is 4.79 Å². The molecule has 0 N–H and O–H groups in total. The molecule has 78 valence electrons. The first-order valence-electron chi connectivity index (χ1n) is 5.08.